The van der Waals surface area contributed by atoms with E-state index < -0.39 is 0 Å². The van der Waals surface area contributed by atoms with Gasteiger partial charge in [-0.25, -0.2) is 4.99 Å². The molecule has 4 heteroatoms. The first kappa shape index (κ1) is 17.6. The molecule has 3 nitrogen and oxygen atoms in total. The molecule has 0 N–H and O–H groups in total. The number of rotatable bonds is 4. The number of aliphatic imine (C=N–C) groups is 1. The molecule has 1 amide bonds. The van der Waals surface area contributed by atoms with Crippen LogP contribution in [0.4, 0.5) is 5.69 Å². The topological polar surface area (TPSA) is 32.7 Å². The zero-order valence-corrected chi connectivity index (χ0v) is 15.9. The van der Waals surface area contributed by atoms with E-state index in [1.54, 1.807) is 4.90 Å². The molecule has 27 heavy (non-hydrogen) atoms. The minimum Gasteiger partial charge on any atom is -0.286 e. The van der Waals surface area contributed by atoms with Crippen LogP contribution in [-0.2, 0) is 4.79 Å². The second-order valence-corrected chi connectivity index (χ2v) is 7.37. The summed E-state index contributed by atoms with van der Waals surface area (Å²) in [5.74, 6) is 0.0319. The highest BCUT2D eigenvalue weighted by Gasteiger charge is 2.32. The van der Waals surface area contributed by atoms with Crippen molar-refractivity contribution >= 4 is 45.4 Å². The summed E-state index contributed by atoms with van der Waals surface area (Å²) in [5.41, 5.74) is 1.92. The maximum atomic E-state index is 13.0. The lowest BCUT2D eigenvalue weighted by Crippen LogP contribution is -2.29. The monoisotopic (exact) mass is 372 g/mol. The molecule has 0 bridgehead atoms. The zero-order chi connectivity index (χ0) is 18.6. The average Bonchev–Trinajstić information content (AvgIpc) is 2.98. The van der Waals surface area contributed by atoms with Crippen molar-refractivity contribution in [1.29, 1.82) is 0 Å². The van der Waals surface area contributed by atoms with Crippen LogP contribution < -0.4 is 0 Å². The molecule has 0 atom stereocenters. The molecule has 0 spiro atoms. The van der Waals surface area contributed by atoms with Crippen molar-refractivity contribution in [2.24, 2.45) is 4.99 Å². The van der Waals surface area contributed by atoms with E-state index in [4.69, 9.17) is 4.99 Å². The van der Waals surface area contributed by atoms with Gasteiger partial charge >= 0.3 is 0 Å². The SMILES string of the molecule is CCCN1C(=O)/C(=C\c2cccc3ccccc23)SC1=Nc1ccccc1. The van der Waals surface area contributed by atoms with Gasteiger partial charge in [-0.1, -0.05) is 67.6 Å². The molecule has 1 aliphatic rings. The Kier molecular flexibility index (Phi) is 5.07. The Morgan fingerprint density at radius 1 is 0.963 bits per heavy atom. The zero-order valence-electron chi connectivity index (χ0n) is 15.1. The standard InChI is InChI=1S/C23H20N2OS/c1-2-15-25-22(26)21(27-23(25)24-19-12-4-3-5-13-19)16-18-11-8-10-17-9-6-7-14-20(17)18/h3-14,16H,2,15H2,1H3/b21-16+,24-23?. The number of amidine groups is 1. The van der Waals surface area contributed by atoms with Crippen LogP contribution in [0.25, 0.3) is 16.8 Å². The van der Waals surface area contributed by atoms with Crippen LogP contribution >= 0.6 is 11.8 Å². The summed E-state index contributed by atoms with van der Waals surface area (Å²) in [4.78, 5) is 20.2. The second kappa shape index (κ2) is 7.80. The van der Waals surface area contributed by atoms with Gasteiger partial charge in [-0.2, -0.15) is 0 Å². The molecule has 3 aromatic carbocycles. The molecule has 0 saturated carbocycles. The van der Waals surface area contributed by atoms with E-state index in [1.165, 1.54) is 17.1 Å². The molecule has 0 radical (unpaired) electrons. The minimum atomic E-state index is 0.0319. The molecule has 1 heterocycles. The molecule has 0 aromatic heterocycles. The lowest BCUT2D eigenvalue weighted by molar-refractivity contribution is -0.122. The van der Waals surface area contributed by atoms with Crippen LogP contribution in [0.3, 0.4) is 0 Å². The number of hydrogen-bond donors (Lipinski definition) is 0. The quantitative estimate of drug-likeness (QED) is 0.538. The van der Waals surface area contributed by atoms with Crippen LogP contribution in [0.2, 0.25) is 0 Å². The first-order valence-corrected chi connectivity index (χ1v) is 9.91. The van der Waals surface area contributed by atoms with Gasteiger partial charge in [0.15, 0.2) is 5.17 Å². The lowest BCUT2D eigenvalue weighted by atomic mass is 10.0. The van der Waals surface area contributed by atoms with Gasteiger partial charge < -0.3 is 0 Å². The van der Waals surface area contributed by atoms with E-state index in [1.807, 2.05) is 54.6 Å². The Morgan fingerprint density at radius 3 is 2.52 bits per heavy atom. The summed E-state index contributed by atoms with van der Waals surface area (Å²) in [5, 5.41) is 3.07. The van der Waals surface area contributed by atoms with Gasteiger partial charge in [0.05, 0.1) is 10.6 Å². The highest BCUT2D eigenvalue weighted by Crippen LogP contribution is 2.35. The first-order chi connectivity index (χ1) is 13.3. The van der Waals surface area contributed by atoms with Gasteiger partial charge in [0.2, 0.25) is 0 Å². The van der Waals surface area contributed by atoms with Gasteiger partial charge in [-0.3, -0.25) is 9.69 Å². The van der Waals surface area contributed by atoms with Crippen molar-refractivity contribution in [2.75, 3.05) is 6.54 Å². The van der Waals surface area contributed by atoms with Gasteiger partial charge in [0.1, 0.15) is 0 Å². The summed E-state index contributed by atoms with van der Waals surface area (Å²) in [7, 11) is 0. The fourth-order valence-electron chi connectivity index (χ4n) is 3.14. The second-order valence-electron chi connectivity index (χ2n) is 6.37. The number of benzene rings is 3. The molecular formula is C23H20N2OS. The van der Waals surface area contributed by atoms with E-state index in [9.17, 15) is 4.79 Å². The van der Waals surface area contributed by atoms with Crippen molar-refractivity contribution in [1.82, 2.24) is 4.90 Å². The predicted molar refractivity (Wildman–Crippen MR) is 115 cm³/mol. The molecule has 1 saturated heterocycles. The third kappa shape index (κ3) is 3.67. The fourth-order valence-corrected chi connectivity index (χ4v) is 4.16. The van der Waals surface area contributed by atoms with Gasteiger partial charge in [-0.15, -0.1) is 0 Å². The summed E-state index contributed by atoms with van der Waals surface area (Å²) in [6.45, 7) is 2.74. The Labute approximate surface area is 163 Å². The van der Waals surface area contributed by atoms with Crippen LogP contribution in [0.15, 0.2) is 82.7 Å². The van der Waals surface area contributed by atoms with Crippen molar-refractivity contribution in [3.63, 3.8) is 0 Å². The van der Waals surface area contributed by atoms with E-state index in [-0.39, 0.29) is 5.91 Å². The van der Waals surface area contributed by atoms with E-state index in [0.717, 1.165) is 33.1 Å². The number of para-hydroxylation sites is 1. The third-order valence-electron chi connectivity index (χ3n) is 4.43. The fraction of sp³-hybridized carbons (Fsp3) is 0.130. The number of thioether (sulfide) groups is 1. The smallest absolute Gasteiger partial charge is 0.266 e. The Hall–Kier alpha value is -2.85. The number of nitrogens with zero attached hydrogens (tertiary/aromatic N) is 2. The number of fused-ring (bicyclic) bond motifs is 1. The van der Waals surface area contributed by atoms with Crippen LogP contribution in [0.5, 0.6) is 0 Å². The van der Waals surface area contributed by atoms with Crippen LogP contribution in [-0.4, -0.2) is 22.5 Å². The van der Waals surface area contributed by atoms with Crippen LogP contribution in [0.1, 0.15) is 18.9 Å². The third-order valence-corrected chi connectivity index (χ3v) is 5.43. The Bertz CT molecular complexity index is 1040. The maximum absolute atomic E-state index is 13.0. The normalized spacial score (nSPS) is 17.4. The summed E-state index contributed by atoms with van der Waals surface area (Å²) < 4.78 is 0. The molecule has 1 aliphatic heterocycles. The minimum absolute atomic E-state index is 0.0319. The molecular weight excluding hydrogens is 352 g/mol. The number of carbonyl (C=O) groups is 1. The lowest BCUT2D eigenvalue weighted by Gasteiger charge is -2.13. The summed E-state index contributed by atoms with van der Waals surface area (Å²) in [6.07, 6.45) is 2.88. The van der Waals surface area contributed by atoms with E-state index >= 15 is 0 Å². The van der Waals surface area contributed by atoms with Gasteiger partial charge in [-0.05, 0) is 52.7 Å². The van der Waals surface area contributed by atoms with Crippen molar-refractivity contribution in [3.05, 3.63) is 83.3 Å². The van der Waals surface area contributed by atoms with E-state index in [0.29, 0.717) is 6.54 Å². The Morgan fingerprint density at radius 2 is 1.70 bits per heavy atom. The highest BCUT2D eigenvalue weighted by molar-refractivity contribution is 8.18. The Balaban J connectivity index is 1.74. The maximum Gasteiger partial charge on any atom is 0.266 e. The van der Waals surface area contributed by atoms with Gasteiger partial charge in [0.25, 0.3) is 5.91 Å². The van der Waals surface area contributed by atoms with E-state index in [2.05, 4.69) is 31.2 Å². The summed E-state index contributed by atoms with van der Waals surface area (Å²) in [6, 6.07) is 24.2. The van der Waals surface area contributed by atoms with Gasteiger partial charge in [0, 0.05) is 6.54 Å². The largest absolute Gasteiger partial charge is 0.286 e. The molecule has 134 valence electrons. The number of carbonyl (C=O) groups excluding carboxylic acids is 1. The summed E-state index contributed by atoms with van der Waals surface area (Å²) >= 11 is 1.45. The molecule has 4 rings (SSSR count). The molecule has 3 aromatic rings. The predicted octanol–water partition coefficient (Wildman–Crippen LogP) is 5.85. The van der Waals surface area contributed by atoms with Crippen molar-refractivity contribution < 1.29 is 4.79 Å². The molecule has 0 aliphatic carbocycles. The highest BCUT2D eigenvalue weighted by atomic mass is 32.2. The average molecular weight is 372 g/mol. The first-order valence-electron chi connectivity index (χ1n) is 9.09. The number of amides is 1. The van der Waals surface area contributed by atoms with Crippen molar-refractivity contribution in [2.45, 2.75) is 13.3 Å². The van der Waals surface area contributed by atoms with Crippen molar-refractivity contribution in [3.8, 4) is 0 Å². The molecule has 1 fully saturated rings. The van der Waals surface area contributed by atoms with Crippen LogP contribution in [0, 0.1) is 0 Å². The molecule has 0 unspecified atom stereocenters. The number of hydrogen-bond acceptors (Lipinski definition) is 3.